The number of aromatic nitrogens is 2. The molecule has 1 aliphatic carbocycles. The van der Waals surface area contributed by atoms with Gasteiger partial charge < -0.3 is 10.2 Å². The van der Waals surface area contributed by atoms with Crippen molar-refractivity contribution in [3.63, 3.8) is 0 Å². The van der Waals surface area contributed by atoms with Crippen LogP contribution in [0.1, 0.15) is 12.8 Å². The quantitative estimate of drug-likeness (QED) is 0.801. The molecule has 0 atom stereocenters. The Hall–Kier alpha value is -1.71. The normalized spacial score (nSPS) is 14.6. The summed E-state index contributed by atoms with van der Waals surface area (Å²) in [5.74, 6) is 1.27. The van der Waals surface area contributed by atoms with Gasteiger partial charge in [0, 0.05) is 25.0 Å². The van der Waals surface area contributed by atoms with Gasteiger partial charge in [0.2, 0.25) is 16.0 Å². The van der Waals surface area contributed by atoms with Crippen LogP contribution < -0.4 is 15.4 Å². The molecule has 1 aromatic heterocycles. The van der Waals surface area contributed by atoms with E-state index in [0.29, 0.717) is 17.7 Å². The minimum atomic E-state index is -3.69. The number of rotatable bonds is 5. The predicted octanol–water partition coefficient (Wildman–Crippen LogP) is 2.23. The second-order valence-corrected chi connectivity index (χ2v) is 7.82. The van der Waals surface area contributed by atoms with Crippen molar-refractivity contribution in [1.82, 2.24) is 9.97 Å². The summed E-state index contributed by atoms with van der Waals surface area (Å²) in [4.78, 5) is 10.9. The Kier molecular flexibility index (Phi) is 4.26. The van der Waals surface area contributed by atoms with Gasteiger partial charge >= 0.3 is 0 Å². The fourth-order valence-corrected chi connectivity index (χ4v) is 3.14. The lowest BCUT2D eigenvalue weighted by Crippen LogP contribution is -2.21. The standard InChI is InChI=1S/C14H16BrN5O2S/c1-20(10-4-5-10)13-12(15)8-17-14(19-13)18-9-2-6-11(7-3-9)23(16,21)22/h2-3,6-8,10H,4-5H2,1H3,(H2,16,21,22)(H,17,18,19). The molecule has 2 aromatic rings. The highest BCUT2D eigenvalue weighted by Crippen LogP contribution is 2.33. The van der Waals surface area contributed by atoms with Gasteiger partial charge in [0.25, 0.3) is 0 Å². The van der Waals surface area contributed by atoms with E-state index < -0.39 is 10.0 Å². The molecule has 1 heterocycles. The first kappa shape index (κ1) is 16.2. The summed E-state index contributed by atoms with van der Waals surface area (Å²) in [5, 5.41) is 8.14. The van der Waals surface area contributed by atoms with Crippen molar-refractivity contribution in [2.75, 3.05) is 17.3 Å². The molecule has 122 valence electrons. The zero-order valence-electron chi connectivity index (χ0n) is 12.4. The lowest BCUT2D eigenvalue weighted by molar-refractivity contribution is 0.598. The van der Waals surface area contributed by atoms with Gasteiger partial charge in [0.1, 0.15) is 5.82 Å². The van der Waals surface area contributed by atoms with E-state index in [0.717, 1.165) is 10.3 Å². The average molecular weight is 398 g/mol. The topological polar surface area (TPSA) is 101 Å². The highest BCUT2D eigenvalue weighted by Gasteiger charge is 2.28. The summed E-state index contributed by atoms with van der Waals surface area (Å²) in [6.45, 7) is 0. The van der Waals surface area contributed by atoms with Crippen molar-refractivity contribution in [3.8, 4) is 0 Å². The van der Waals surface area contributed by atoms with Gasteiger partial charge in [-0.25, -0.2) is 18.5 Å². The van der Waals surface area contributed by atoms with Crippen LogP contribution in [0.2, 0.25) is 0 Å². The summed E-state index contributed by atoms with van der Waals surface area (Å²) < 4.78 is 23.3. The molecule has 1 aliphatic rings. The molecule has 0 spiro atoms. The zero-order valence-corrected chi connectivity index (χ0v) is 14.8. The molecule has 3 N–H and O–H groups in total. The largest absolute Gasteiger partial charge is 0.356 e. The second-order valence-electron chi connectivity index (χ2n) is 5.40. The molecule has 1 aromatic carbocycles. The smallest absolute Gasteiger partial charge is 0.238 e. The predicted molar refractivity (Wildman–Crippen MR) is 92.3 cm³/mol. The van der Waals surface area contributed by atoms with Crippen LogP contribution in [-0.4, -0.2) is 31.5 Å². The number of nitrogens with two attached hydrogens (primary N) is 1. The van der Waals surface area contributed by atoms with Crippen molar-refractivity contribution in [2.24, 2.45) is 5.14 Å². The van der Waals surface area contributed by atoms with Crippen molar-refractivity contribution in [3.05, 3.63) is 34.9 Å². The third-order valence-electron chi connectivity index (χ3n) is 3.59. The molecule has 7 nitrogen and oxygen atoms in total. The molecule has 23 heavy (non-hydrogen) atoms. The summed E-state index contributed by atoms with van der Waals surface area (Å²) in [7, 11) is -1.68. The monoisotopic (exact) mass is 397 g/mol. The third-order valence-corrected chi connectivity index (χ3v) is 5.08. The van der Waals surface area contributed by atoms with Crippen LogP contribution in [0.5, 0.6) is 0 Å². The van der Waals surface area contributed by atoms with Crippen LogP contribution in [0, 0.1) is 0 Å². The molecule has 0 aliphatic heterocycles. The number of nitrogens with one attached hydrogen (secondary N) is 1. The molecule has 1 fully saturated rings. The number of halogens is 1. The van der Waals surface area contributed by atoms with Crippen LogP contribution in [0.25, 0.3) is 0 Å². The number of sulfonamides is 1. The first-order valence-electron chi connectivity index (χ1n) is 7.00. The Labute approximate surface area is 143 Å². The van der Waals surface area contributed by atoms with Crippen LogP contribution in [0.3, 0.4) is 0 Å². The number of nitrogens with zero attached hydrogens (tertiary/aromatic N) is 3. The van der Waals surface area contributed by atoms with E-state index in [-0.39, 0.29) is 4.90 Å². The molecule has 1 saturated carbocycles. The number of primary sulfonamides is 1. The SMILES string of the molecule is CN(c1nc(Nc2ccc(S(N)(=O)=O)cc2)ncc1Br)C1CC1. The third kappa shape index (κ3) is 3.80. The van der Waals surface area contributed by atoms with E-state index in [1.54, 1.807) is 18.3 Å². The van der Waals surface area contributed by atoms with E-state index >= 15 is 0 Å². The van der Waals surface area contributed by atoms with Gasteiger partial charge in [0.05, 0.1) is 9.37 Å². The first-order valence-corrected chi connectivity index (χ1v) is 9.34. The number of anilines is 3. The second kappa shape index (κ2) is 6.06. The van der Waals surface area contributed by atoms with E-state index in [1.165, 1.54) is 25.0 Å². The molecule has 9 heteroatoms. The van der Waals surface area contributed by atoms with E-state index in [1.807, 2.05) is 7.05 Å². The molecule has 0 radical (unpaired) electrons. The highest BCUT2D eigenvalue weighted by molar-refractivity contribution is 9.10. The fourth-order valence-electron chi connectivity index (χ4n) is 2.16. The van der Waals surface area contributed by atoms with Crippen molar-refractivity contribution < 1.29 is 8.42 Å². The van der Waals surface area contributed by atoms with Gasteiger partial charge in [-0.3, -0.25) is 0 Å². The van der Waals surface area contributed by atoms with Crippen LogP contribution in [-0.2, 0) is 10.0 Å². The highest BCUT2D eigenvalue weighted by atomic mass is 79.9. The van der Waals surface area contributed by atoms with Crippen LogP contribution >= 0.6 is 15.9 Å². The molecule has 0 amide bonds. The average Bonchev–Trinajstić information content (AvgIpc) is 3.33. The number of benzene rings is 1. The minimum Gasteiger partial charge on any atom is -0.356 e. The maximum Gasteiger partial charge on any atom is 0.238 e. The lowest BCUT2D eigenvalue weighted by atomic mass is 10.3. The van der Waals surface area contributed by atoms with Gasteiger partial charge in [-0.1, -0.05) is 0 Å². The molecule has 0 bridgehead atoms. The Morgan fingerprint density at radius 3 is 2.52 bits per heavy atom. The minimum absolute atomic E-state index is 0.0638. The van der Waals surface area contributed by atoms with E-state index in [4.69, 9.17) is 5.14 Å². The van der Waals surface area contributed by atoms with E-state index in [2.05, 4.69) is 36.1 Å². The van der Waals surface area contributed by atoms with Crippen molar-refractivity contribution in [2.45, 2.75) is 23.8 Å². The van der Waals surface area contributed by atoms with Gasteiger partial charge in [0.15, 0.2) is 0 Å². The maximum absolute atomic E-state index is 11.3. The number of hydrogen-bond acceptors (Lipinski definition) is 6. The fraction of sp³-hybridized carbons (Fsp3) is 0.286. The first-order chi connectivity index (χ1) is 10.8. The van der Waals surface area contributed by atoms with E-state index in [9.17, 15) is 8.42 Å². The van der Waals surface area contributed by atoms with Crippen LogP contribution in [0.15, 0.2) is 39.8 Å². The summed E-state index contributed by atoms with van der Waals surface area (Å²) >= 11 is 3.47. The van der Waals surface area contributed by atoms with Crippen molar-refractivity contribution >= 4 is 43.4 Å². The lowest BCUT2D eigenvalue weighted by Gasteiger charge is -2.19. The molecular weight excluding hydrogens is 382 g/mol. The van der Waals surface area contributed by atoms with Gasteiger partial charge in [-0.15, -0.1) is 0 Å². The van der Waals surface area contributed by atoms with Crippen molar-refractivity contribution in [1.29, 1.82) is 0 Å². The van der Waals surface area contributed by atoms with Crippen LogP contribution in [0.4, 0.5) is 17.5 Å². The summed E-state index contributed by atoms with van der Waals surface area (Å²) in [6, 6.07) is 6.65. The Bertz CT molecular complexity index is 822. The Morgan fingerprint density at radius 2 is 1.96 bits per heavy atom. The molecule has 3 rings (SSSR count). The summed E-state index contributed by atoms with van der Waals surface area (Å²) in [5.41, 5.74) is 0.680. The number of hydrogen-bond donors (Lipinski definition) is 2. The molecule has 0 unspecified atom stereocenters. The maximum atomic E-state index is 11.3. The Balaban J connectivity index is 1.81. The molecule has 0 saturated heterocycles. The molecular formula is C14H16BrN5O2S. The Morgan fingerprint density at radius 1 is 1.30 bits per heavy atom. The van der Waals surface area contributed by atoms with Gasteiger partial charge in [-0.2, -0.15) is 4.98 Å². The summed E-state index contributed by atoms with van der Waals surface area (Å²) in [6.07, 6.45) is 4.04. The van der Waals surface area contributed by atoms with Gasteiger partial charge in [-0.05, 0) is 53.0 Å². The zero-order chi connectivity index (χ0) is 16.6.